The van der Waals surface area contributed by atoms with Crippen molar-refractivity contribution in [3.63, 3.8) is 0 Å². The first kappa shape index (κ1) is 14.1. The van der Waals surface area contributed by atoms with E-state index < -0.39 is 0 Å². The minimum atomic E-state index is 0. The topological polar surface area (TPSA) is 40.7 Å². The Labute approximate surface area is 92.6 Å². The molecule has 1 aromatic rings. The molecule has 0 amide bonds. The second kappa shape index (κ2) is 8.45. The molecule has 0 aliphatic heterocycles. The van der Waals surface area contributed by atoms with Gasteiger partial charge < -0.3 is 10.2 Å². The summed E-state index contributed by atoms with van der Waals surface area (Å²) in [5, 5.41) is 0. The minimum absolute atomic E-state index is 0. The molecule has 0 aliphatic rings. The lowest BCUT2D eigenvalue weighted by molar-refractivity contribution is 0.0630. The van der Waals surface area contributed by atoms with E-state index in [9.17, 15) is 0 Å². The van der Waals surface area contributed by atoms with Gasteiger partial charge in [-0.1, -0.05) is 50.1 Å². The predicted molar refractivity (Wildman–Crippen MR) is 63.9 cm³/mol. The quantitative estimate of drug-likeness (QED) is 0.665. The lowest BCUT2D eigenvalue weighted by Gasteiger charge is -2.12. The highest BCUT2D eigenvalue weighted by Gasteiger charge is 2.03. The van der Waals surface area contributed by atoms with Crippen molar-refractivity contribution < 1.29 is 10.2 Å². The summed E-state index contributed by atoms with van der Waals surface area (Å²) in [4.78, 5) is 0. The Morgan fingerprint density at radius 2 is 1.80 bits per heavy atom. The van der Waals surface area contributed by atoms with Crippen molar-refractivity contribution in [2.45, 2.75) is 39.2 Å². The first-order valence-corrected chi connectivity index (χ1v) is 5.51. The molecule has 2 N–H and O–H groups in total. The molecule has 0 aliphatic carbocycles. The summed E-state index contributed by atoms with van der Waals surface area (Å²) in [6, 6.07) is 10.4. The molecule has 86 valence electrons. The average Bonchev–Trinajstić information content (AvgIpc) is 2.25. The number of hydrogen-bond donors (Lipinski definition) is 0. The average molecular weight is 210 g/mol. The van der Waals surface area contributed by atoms with E-state index in [0.29, 0.717) is 0 Å². The van der Waals surface area contributed by atoms with Crippen molar-refractivity contribution in [3.05, 3.63) is 35.9 Å². The van der Waals surface area contributed by atoms with E-state index in [-0.39, 0.29) is 11.6 Å². The Kier molecular flexibility index (Phi) is 7.96. The van der Waals surface area contributed by atoms with Gasteiger partial charge in [0.15, 0.2) is 0 Å². The van der Waals surface area contributed by atoms with Crippen LogP contribution in [0.1, 0.15) is 44.8 Å². The third kappa shape index (κ3) is 5.55. The smallest absolute Gasteiger partial charge is 0.0796 e. The van der Waals surface area contributed by atoms with E-state index in [1.165, 1.54) is 24.8 Å². The van der Waals surface area contributed by atoms with Gasteiger partial charge in [-0.3, -0.25) is 0 Å². The van der Waals surface area contributed by atoms with Crippen molar-refractivity contribution >= 4 is 0 Å². The maximum absolute atomic E-state index is 5.73. The highest BCUT2D eigenvalue weighted by Crippen LogP contribution is 2.16. The monoisotopic (exact) mass is 210 g/mol. The highest BCUT2D eigenvalue weighted by molar-refractivity contribution is 5.16. The summed E-state index contributed by atoms with van der Waals surface area (Å²) >= 11 is 0. The Hall–Kier alpha value is -0.860. The molecule has 0 saturated heterocycles. The number of benzene rings is 1. The first-order chi connectivity index (χ1) is 6.84. The van der Waals surface area contributed by atoms with Crippen LogP contribution in [0.15, 0.2) is 30.3 Å². The summed E-state index contributed by atoms with van der Waals surface area (Å²) in [5.41, 5.74) is 1.27. The fourth-order valence-electron chi connectivity index (χ4n) is 1.43. The van der Waals surface area contributed by atoms with E-state index in [4.69, 9.17) is 4.74 Å². The minimum Gasteiger partial charge on any atom is -0.412 e. The molecular weight excluding hydrogens is 188 g/mol. The number of unbranched alkanes of at least 4 members (excludes halogenated alkanes) is 2. The molecule has 0 spiro atoms. The van der Waals surface area contributed by atoms with Crippen LogP contribution in [0.2, 0.25) is 0 Å². The molecule has 1 unspecified atom stereocenters. The van der Waals surface area contributed by atoms with Crippen molar-refractivity contribution in [1.82, 2.24) is 0 Å². The van der Waals surface area contributed by atoms with E-state index in [0.717, 1.165) is 6.61 Å². The van der Waals surface area contributed by atoms with Gasteiger partial charge in [0.05, 0.1) is 6.10 Å². The summed E-state index contributed by atoms with van der Waals surface area (Å²) in [6.45, 7) is 5.20. The zero-order valence-electron chi connectivity index (χ0n) is 9.70. The third-order valence-electron chi connectivity index (χ3n) is 2.38. The molecule has 0 aromatic heterocycles. The van der Waals surface area contributed by atoms with Gasteiger partial charge in [0.25, 0.3) is 0 Å². The molecule has 1 atom stereocenters. The molecule has 2 heteroatoms. The molecule has 2 nitrogen and oxygen atoms in total. The molecule has 1 aromatic carbocycles. The number of hydrogen-bond acceptors (Lipinski definition) is 1. The van der Waals surface area contributed by atoms with Gasteiger partial charge in [-0.15, -0.1) is 0 Å². The van der Waals surface area contributed by atoms with Crippen molar-refractivity contribution in [1.29, 1.82) is 0 Å². The van der Waals surface area contributed by atoms with Gasteiger partial charge in [-0.2, -0.15) is 0 Å². The van der Waals surface area contributed by atoms with E-state index in [1.807, 2.05) is 6.07 Å². The van der Waals surface area contributed by atoms with Crippen molar-refractivity contribution in [2.24, 2.45) is 0 Å². The van der Waals surface area contributed by atoms with E-state index in [2.05, 4.69) is 38.1 Å². The lowest BCUT2D eigenvalue weighted by Crippen LogP contribution is -2.01. The SMILES string of the molecule is CCCCCOC(C)c1ccccc1.O. The Morgan fingerprint density at radius 1 is 1.13 bits per heavy atom. The van der Waals surface area contributed by atoms with Gasteiger partial charge in [-0.25, -0.2) is 0 Å². The summed E-state index contributed by atoms with van der Waals surface area (Å²) < 4.78 is 5.73. The molecule has 0 saturated carbocycles. The van der Waals surface area contributed by atoms with E-state index >= 15 is 0 Å². The fraction of sp³-hybridized carbons (Fsp3) is 0.538. The standard InChI is InChI=1S/C13H20O.H2O/c1-3-4-8-11-14-12(2)13-9-6-5-7-10-13;/h5-7,9-10,12H,3-4,8,11H2,1-2H3;1H2. The Bertz CT molecular complexity index is 234. The summed E-state index contributed by atoms with van der Waals surface area (Å²) in [5.74, 6) is 0. The maximum atomic E-state index is 5.73. The van der Waals surface area contributed by atoms with Crippen LogP contribution < -0.4 is 0 Å². The highest BCUT2D eigenvalue weighted by atomic mass is 16.5. The summed E-state index contributed by atoms with van der Waals surface area (Å²) in [7, 11) is 0. The Morgan fingerprint density at radius 3 is 2.40 bits per heavy atom. The third-order valence-corrected chi connectivity index (χ3v) is 2.38. The van der Waals surface area contributed by atoms with Crippen LogP contribution in [0.5, 0.6) is 0 Å². The molecule has 1 rings (SSSR count). The van der Waals surface area contributed by atoms with Crippen LogP contribution in [-0.4, -0.2) is 12.1 Å². The zero-order chi connectivity index (χ0) is 10.2. The van der Waals surface area contributed by atoms with E-state index in [1.54, 1.807) is 0 Å². The number of ether oxygens (including phenoxy) is 1. The van der Waals surface area contributed by atoms with Gasteiger partial charge in [0.2, 0.25) is 0 Å². The largest absolute Gasteiger partial charge is 0.412 e. The lowest BCUT2D eigenvalue weighted by atomic mass is 10.1. The van der Waals surface area contributed by atoms with Crippen LogP contribution in [0.4, 0.5) is 0 Å². The van der Waals surface area contributed by atoms with Crippen LogP contribution >= 0.6 is 0 Å². The zero-order valence-corrected chi connectivity index (χ0v) is 9.70. The molecular formula is C13H22O2. The maximum Gasteiger partial charge on any atom is 0.0796 e. The van der Waals surface area contributed by atoms with Crippen molar-refractivity contribution in [3.8, 4) is 0 Å². The number of rotatable bonds is 6. The van der Waals surface area contributed by atoms with Gasteiger partial charge in [0, 0.05) is 6.61 Å². The first-order valence-electron chi connectivity index (χ1n) is 5.51. The van der Waals surface area contributed by atoms with Crippen LogP contribution in [0, 0.1) is 0 Å². The van der Waals surface area contributed by atoms with Gasteiger partial charge in [-0.05, 0) is 18.9 Å². The fourth-order valence-corrected chi connectivity index (χ4v) is 1.43. The van der Waals surface area contributed by atoms with Crippen molar-refractivity contribution in [2.75, 3.05) is 6.61 Å². The van der Waals surface area contributed by atoms with Gasteiger partial charge >= 0.3 is 0 Å². The molecule has 0 heterocycles. The molecule has 0 fully saturated rings. The van der Waals surface area contributed by atoms with Crippen LogP contribution in [0.25, 0.3) is 0 Å². The predicted octanol–water partition coefficient (Wildman–Crippen LogP) is 3.13. The normalized spacial score (nSPS) is 11.9. The second-order valence-corrected chi connectivity index (χ2v) is 3.63. The Balaban J connectivity index is 0.00000196. The molecule has 0 bridgehead atoms. The molecule has 15 heavy (non-hydrogen) atoms. The molecule has 0 radical (unpaired) electrons. The van der Waals surface area contributed by atoms with Gasteiger partial charge in [0.1, 0.15) is 0 Å². The summed E-state index contributed by atoms with van der Waals surface area (Å²) in [6.07, 6.45) is 3.92. The second-order valence-electron chi connectivity index (χ2n) is 3.63. The van der Waals surface area contributed by atoms with Crippen LogP contribution in [0.3, 0.4) is 0 Å². The van der Waals surface area contributed by atoms with Crippen LogP contribution in [-0.2, 0) is 4.74 Å².